The summed E-state index contributed by atoms with van der Waals surface area (Å²) in [6, 6.07) is 0. The van der Waals surface area contributed by atoms with E-state index in [0.717, 1.165) is 96.7 Å². The number of aliphatic hydroxyl groups is 2. The van der Waals surface area contributed by atoms with E-state index < -0.39 is 20.3 Å². The second kappa shape index (κ2) is 49.9. The van der Waals surface area contributed by atoms with Gasteiger partial charge in [0.25, 0.3) is 0 Å². The number of ether oxygens (including phenoxy) is 2. The van der Waals surface area contributed by atoms with Gasteiger partial charge in [-0.3, -0.25) is 4.79 Å². The smallest absolute Gasteiger partial charge is 0.333 e. The maximum Gasteiger partial charge on any atom is 0.333 e. The molecular weight excluding hydrogens is 851 g/mol. The molecule has 0 aromatic heterocycles. The topological polar surface area (TPSA) is 97.7 Å². The Labute approximate surface area is 418 Å². The number of carbonyl (C=O) groups excluding carboxylic acids is 1. The van der Waals surface area contributed by atoms with Crippen molar-refractivity contribution in [3.8, 4) is 0 Å². The highest BCUT2D eigenvalue weighted by Crippen LogP contribution is 2.29. The van der Waals surface area contributed by atoms with Crippen LogP contribution in [-0.4, -0.2) is 88.6 Å². The predicted molar refractivity (Wildman–Crippen MR) is 290 cm³/mol. The first kappa shape index (κ1) is 65.9. The molecule has 1 unspecified atom stereocenters. The van der Waals surface area contributed by atoms with Crippen LogP contribution >= 0.6 is 0 Å². The van der Waals surface area contributed by atoms with Crippen LogP contribution in [0.5, 0.6) is 0 Å². The average molecular weight is 967 g/mol. The predicted octanol–water partition coefficient (Wildman–Crippen LogP) is 16.5. The lowest BCUT2D eigenvalue weighted by Gasteiger charge is -2.33. The first-order valence-corrected chi connectivity index (χ1v) is 31.8. The van der Waals surface area contributed by atoms with Gasteiger partial charge in [0.15, 0.2) is 6.29 Å². The molecule has 0 aliphatic carbocycles. The number of esters is 1. The van der Waals surface area contributed by atoms with E-state index in [9.17, 15) is 15.0 Å². The zero-order valence-electron chi connectivity index (χ0n) is 45.6. The van der Waals surface area contributed by atoms with Crippen molar-refractivity contribution in [3.05, 3.63) is 24.3 Å². The highest BCUT2D eigenvalue weighted by atomic mass is 28.4. The van der Waals surface area contributed by atoms with Crippen molar-refractivity contribution in [1.82, 2.24) is 4.90 Å². The van der Waals surface area contributed by atoms with E-state index in [1.165, 1.54) is 154 Å². The molecule has 1 atom stereocenters. The summed E-state index contributed by atoms with van der Waals surface area (Å²) in [5.41, 5.74) is -0.731. The first-order valence-electron chi connectivity index (χ1n) is 29.0. The van der Waals surface area contributed by atoms with Gasteiger partial charge in [0.1, 0.15) is 0 Å². The molecule has 0 aliphatic rings. The normalized spacial score (nSPS) is 13.0. The van der Waals surface area contributed by atoms with Crippen LogP contribution in [0, 0.1) is 5.41 Å². The number of carbonyl (C=O) groups is 1. The van der Waals surface area contributed by atoms with Crippen LogP contribution in [0.1, 0.15) is 265 Å². The molecule has 0 bridgehead atoms. The number of unbranched alkanes of at least 4 members (excludes halogenated alkanes) is 29. The van der Waals surface area contributed by atoms with Crippen LogP contribution in [0.2, 0.25) is 13.1 Å². The van der Waals surface area contributed by atoms with Gasteiger partial charge in [0.2, 0.25) is 0 Å². The Morgan fingerprint density at radius 1 is 0.493 bits per heavy atom. The van der Waals surface area contributed by atoms with Gasteiger partial charge in [-0.2, -0.15) is 0 Å². The Bertz CT molecular complexity index is 1080. The zero-order chi connectivity index (χ0) is 49.2. The molecule has 0 aromatic rings. The van der Waals surface area contributed by atoms with Crippen molar-refractivity contribution in [2.45, 2.75) is 285 Å². The van der Waals surface area contributed by atoms with Crippen molar-refractivity contribution in [1.29, 1.82) is 0 Å². The van der Waals surface area contributed by atoms with Crippen molar-refractivity contribution < 1.29 is 33.3 Å². The second-order valence-electron chi connectivity index (χ2n) is 20.9. The molecule has 398 valence electrons. The molecular formula is C58H115NO7Si. The molecule has 0 aromatic carbocycles. The quantitative estimate of drug-likeness (QED) is 0.0205. The van der Waals surface area contributed by atoms with Gasteiger partial charge in [0, 0.05) is 32.8 Å². The number of hydrogen-bond donors (Lipinski definition) is 2. The fourth-order valence-electron chi connectivity index (χ4n) is 8.60. The van der Waals surface area contributed by atoms with Crippen molar-refractivity contribution in [3.63, 3.8) is 0 Å². The molecule has 0 saturated carbocycles. The second-order valence-corrected chi connectivity index (χ2v) is 24.2. The van der Waals surface area contributed by atoms with Crippen LogP contribution in [0.25, 0.3) is 0 Å². The molecule has 0 amide bonds. The number of nitrogens with zero attached hydrogens (tertiary/aromatic N) is 1. The summed E-state index contributed by atoms with van der Waals surface area (Å²) in [5, 5.41) is 18.4. The van der Waals surface area contributed by atoms with E-state index >= 15 is 0 Å². The van der Waals surface area contributed by atoms with Crippen LogP contribution in [0.3, 0.4) is 0 Å². The fraction of sp³-hybridized carbons (Fsp3) is 0.914. The van der Waals surface area contributed by atoms with E-state index in [1.54, 1.807) is 0 Å². The van der Waals surface area contributed by atoms with Crippen molar-refractivity contribution in [2.75, 3.05) is 52.7 Å². The van der Waals surface area contributed by atoms with Gasteiger partial charge in [0.05, 0.1) is 12.0 Å². The maximum absolute atomic E-state index is 13.4. The highest BCUT2D eigenvalue weighted by Gasteiger charge is 2.37. The van der Waals surface area contributed by atoms with Gasteiger partial charge in [-0.25, -0.2) is 0 Å². The van der Waals surface area contributed by atoms with Crippen LogP contribution in [0.4, 0.5) is 0 Å². The fourth-order valence-corrected chi connectivity index (χ4v) is 10.1. The lowest BCUT2D eigenvalue weighted by Crippen LogP contribution is -2.43. The molecule has 0 saturated heterocycles. The summed E-state index contributed by atoms with van der Waals surface area (Å²) in [6.45, 7) is 18.0. The Hall–Kier alpha value is -1.07. The Kier molecular flexibility index (Phi) is 49.1. The van der Waals surface area contributed by atoms with E-state index in [1.807, 2.05) is 13.8 Å². The summed E-state index contributed by atoms with van der Waals surface area (Å²) in [4.78, 5) is 15.9. The maximum atomic E-state index is 13.4. The zero-order valence-corrected chi connectivity index (χ0v) is 46.6. The minimum Gasteiger partial charge on any atom is -0.465 e. The SMILES string of the molecule is CCCCCCCC/C=C\CCCCCCCCOC(=O)C(C)(C)CC(OCCCCCCCC/C=C\CCCCCCCC)O[Si](C)(C)OCCCCCCN(CCCCO)CCCCO. The highest BCUT2D eigenvalue weighted by molar-refractivity contribution is 6.64. The van der Waals surface area contributed by atoms with Gasteiger partial charge in [-0.1, -0.05) is 167 Å². The van der Waals surface area contributed by atoms with E-state index in [-0.39, 0.29) is 19.2 Å². The van der Waals surface area contributed by atoms with Crippen LogP contribution < -0.4 is 0 Å². The van der Waals surface area contributed by atoms with Gasteiger partial charge in [-0.05, 0) is 149 Å². The van der Waals surface area contributed by atoms with E-state index in [2.05, 4.69) is 56.1 Å². The largest absolute Gasteiger partial charge is 0.465 e. The molecule has 0 heterocycles. The van der Waals surface area contributed by atoms with Crippen LogP contribution in [-0.2, 0) is 23.1 Å². The summed E-state index contributed by atoms with van der Waals surface area (Å²) in [7, 11) is -2.54. The van der Waals surface area contributed by atoms with E-state index in [4.69, 9.17) is 18.3 Å². The molecule has 0 rings (SSSR count). The van der Waals surface area contributed by atoms with Crippen LogP contribution in [0.15, 0.2) is 24.3 Å². The molecule has 0 aliphatic heterocycles. The molecule has 67 heavy (non-hydrogen) atoms. The minimum absolute atomic E-state index is 0.171. The lowest BCUT2D eigenvalue weighted by molar-refractivity contribution is -0.164. The number of allylic oxidation sites excluding steroid dienone is 4. The summed E-state index contributed by atoms with van der Waals surface area (Å²) >= 11 is 0. The molecule has 9 heteroatoms. The average Bonchev–Trinajstić information content (AvgIpc) is 3.30. The number of rotatable bonds is 54. The Morgan fingerprint density at radius 3 is 1.28 bits per heavy atom. The molecule has 8 nitrogen and oxygen atoms in total. The third kappa shape index (κ3) is 47.0. The third-order valence-electron chi connectivity index (χ3n) is 13.1. The molecule has 0 radical (unpaired) electrons. The lowest BCUT2D eigenvalue weighted by atomic mass is 9.89. The molecule has 2 N–H and O–H groups in total. The van der Waals surface area contributed by atoms with Crippen molar-refractivity contribution in [2.24, 2.45) is 5.41 Å². The number of hydrogen-bond acceptors (Lipinski definition) is 8. The standard InChI is InChI=1S/C58H115NO7Si/c1-7-9-11-13-15-17-19-21-23-25-27-29-31-33-36-44-52-63-56(66-67(5,6)65-54-46-38-35-39-47-59(48-40-42-50-60)49-41-43-51-61)55-58(3,4)57(62)64-53-45-37-34-32-30-28-26-24-22-20-18-16-14-12-10-8-2/h21-24,56,60-61H,7-20,25-55H2,1-6H3/b23-21-,24-22-. The van der Waals surface area contributed by atoms with Gasteiger partial charge >= 0.3 is 14.5 Å². The Morgan fingerprint density at radius 2 is 0.851 bits per heavy atom. The Balaban J connectivity index is 4.75. The monoisotopic (exact) mass is 966 g/mol. The van der Waals surface area contributed by atoms with E-state index in [0.29, 0.717) is 26.2 Å². The molecule has 0 fully saturated rings. The minimum atomic E-state index is -2.54. The third-order valence-corrected chi connectivity index (χ3v) is 14.8. The van der Waals surface area contributed by atoms with Gasteiger partial charge < -0.3 is 33.4 Å². The van der Waals surface area contributed by atoms with Crippen molar-refractivity contribution >= 4 is 14.5 Å². The summed E-state index contributed by atoms with van der Waals surface area (Å²) in [5.74, 6) is -0.171. The first-order chi connectivity index (χ1) is 32.6. The van der Waals surface area contributed by atoms with Gasteiger partial charge in [-0.15, -0.1) is 0 Å². The number of aliphatic hydroxyl groups excluding tert-OH is 2. The molecule has 0 spiro atoms. The summed E-state index contributed by atoms with van der Waals surface area (Å²) < 4.78 is 25.4. The summed E-state index contributed by atoms with van der Waals surface area (Å²) in [6.07, 6.45) is 53.1.